The number of anilines is 2. The second kappa shape index (κ2) is 7.35. The highest BCUT2D eigenvalue weighted by molar-refractivity contribution is 5.72. The van der Waals surface area contributed by atoms with Crippen molar-refractivity contribution in [2.45, 2.75) is 25.1 Å². The minimum Gasteiger partial charge on any atom is -0.327 e. The average molecular weight is 409 g/mol. The van der Waals surface area contributed by atoms with E-state index in [-0.39, 0.29) is 29.4 Å². The Bertz CT molecular complexity index is 1130. The van der Waals surface area contributed by atoms with Crippen molar-refractivity contribution in [2.24, 2.45) is 0 Å². The summed E-state index contributed by atoms with van der Waals surface area (Å²) in [5.74, 6) is 0.102. The van der Waals surface area contributed by atoms with Gasteiger partial charge in [0.15, 0.2) is 5.65 Å². The van der Waals surface area contributed by atoms with Crippen LogP contribution in [-0.2, 0) is 0 Å². The number of hydrogen-bond acceptors (Lipinski definition) is 6. The molecule has 3 aromatic rings. The Labute approximate surface area is 161 Å². The number of likely N-dealkylation sites (tertiary alicyclic amines) is 1. The molecule has 0 unspecified atom stereocenters. The van der Waals surface area contributed by atoms with E-state index in [1.807, 2.05) is 0 Å². The fourth-order valence-corrected chi connectivity index (χ4v) is 3.59. The van der Waals surface area contributed by atoms with E-state index in [9.17, 15) is 22.8 Å². The summed E-state index contributed by atoms with van der Waals surface area (Å²) in [7, 11) is 0. The summed E-state index contributed by atoms with van der Waals surface area (Å²) in [6.45, 7) is -0.595. The van der Waals surface area contributed by atoms with Crippen molar-refractivity contribution in [1.29, 1.82) is 0 Å². The van der Waals surface area contributed by atoms with Gasteiger partial charge in [0.2, 0.25) is 5.95 Å². The third-order valence-corrected chi connectivity index (χ3v) is 4.77. The summed E-state index contributed by atoms with van der Waals surface area (Å²) in [6.07, 6.45) is -0.315. The molecular formula is C17H18F3N7O2. The molecule has 3 N–H and O–H groups in total. The summed E-state index contributed by atoms with van der Waals surface area (Å²) in [6, 6.07) is 2.73. The van der Waals surface area contributed by atoms with Crippen LogP contribution in [-0.4, -0.2) is 55.2 Å². The Kier molecular flexibility index (Phi) is 4.86. The SMILES string of the molecule is O=c1[nH]cccc1Nc1ncc2[nH]c(=O)n([C@H]3CCCN(CC(F)(F)F)C3)c2n1. The fourth-order valence-electron chi connectivity index (χ4n) is 3.59. The first-order valence-corrected chi connectivity index (χ1v) is 9.01. The molecule has 12 heteroatoms. The molecule has 0 aliphatic carbocycles. The summed E-state index contributed by atoms with van der Waals surface area (Å²) in [4.78, 5) is 39.2. The minimum atomic E-state index is -4.30. The van der Waals surface area contributed by atoms with Crippen LogP contribution in [0.1, 0.15) is 18.9 Å². The van der Waals surface area contributed by atoms with Gasteiger partial charge in [-0.15, -0.1) is 0 Å². The van der Waals surface area contributed by atoms with Crippen LogP contribution < -0.4 is 16.6 Å². The highest BCUT2D eigenvalue weighted by Gasteiger charge is 2.34. The van der Waals surface area contributed by atoms with Crippen molar-refractivity contribution < 1.29 is 13.2 Å². The summed E-state index contributed by atoms with van der Waals surface area (Å²) < 4.78 is 39.7. The lowest BCUT2D eigenvalue weighted by atomic mass is 10.1. The van der Waals surface area contributed by atoms with Gasteiger partial charge in [-0.1, -0.05) is 0 Å². The maximum absolute atomic E-state index is 12.8. The van der Waals surface area contributed by atoms with Gasteiger partial charge in [-0.25, -0.2) is 9.78 Å². The summed E-state index contributed by atoms with van der Waals surface area (Å²) >= 11 is 0. The van der Waals surface area contributed by atoms with Crippen molar-refractivity contribution in [2.75, 3.05) is 25.0 Å². The van der Waals surface area contributed by atoms with Crippen LogP contribution >= 0.6 is 0 Å². The maximum atomic E-state index is 12.8. The molecule has 9 nitrogen and oxygen atoms in total. The van der Waals surface area contributed by atoms with Gasteiger partial charge in [-0.05, 0) is 31.5 Å². The summed E-state index contributed by atoms with van der Waals surface area (Å²) in [5, 5.41) is 2.79. The number of rotatable bonds is 4. The monoisotopic (exact) mass is 409 g/mol. The Hall–Kier alpha value is -3.15. The number of piperidine rings is 1. The zero-order valence-corrected chi connectivity index (χ0v) is 15.2. The largest absolute Gasteiger partial charge is 0.401 e. The second-order valence-electron chi connectivity index (χ2n) is 6.92. The number of nitrogens with one attached hydrogen (secondary N) is 3. The predicted octanol–water partition coefficient (Wildman–Crippen LogP) is 1.75. The van der Waals surface area contributed by atoms with Gasteiger partial charge in [-0.3, -0.25) is 14.3 Å². The van der Waals surface area contributed by atoms with Crippen LogP contribution in [0.25, 0.3) is 11.2 Å². The normalized spacial score (nSPS) is 18.2. The van der Waals surface area contributed by atoms with Gasteiger partial charge in [0.1, 0.15) is 11.2 Å². The first kappa shape index (κ1) is 19.2. The molecule has 0 aromatic carbocycles. The molecule has 154 valence electrons. The number of H-pyrrole nitrogens is 2. The molecule has 4 heterocycles. The molecule has 0 saturated carbocycles. The Morgan fingerprint density at radius 1 is 1.31 bits per heavy atom. The first-order chi connectivity index (χ1) is 13.8. The number of aromatic amines is 2. The van der Waals surface area contributed by atoms with E-state index in [1.54, 1.807) is 12.1 Å². The molecule has 1 saturated heterocycles. The number of halogens is 3. The van der Waals surface area contributed by atoms with E-state index in [0.29, 0.717) is 24.9 Å². The molecule has 3 aromatic heterocycles. The molecule has 0 bridgehead atoms. The molecule has 1 fully saturated rings. The van der Waals surface area contributed by atoms with Crippen molar-refractivity contribution in [3.8, 4) is 0 Å². The molecule has 0 amide bonds. The number of hydrogen-bond donors (Lipinski definition) is 3. The van der Waals surface area contributed by atoms with Crippen LogP contribution in [0.3, 0.4) is 0 Å². The zero-order chi connectivity index (χ0) is 20.6. The number of aromatic nitrogens is 5. The van der Waals surface area contributed by atoms with E-state index in [2.05, 4.69) is 25.3 Å². The number of alkyl halides is 3. The Balaban J connectivity index is 1.65. The predicted molar refractivity (Wildman–Crippen MR) is 99.3 cm³/mol. The van der Waals surface area contributed by atoms with E-state index < -0.39 is 24.5 Å². The second-order valence-corrected chi connectivity index (χ2v) is 6.92. The van der Waals surface area contributed by atoms with Crippen LogP contribution in [0.5, 0.6) is 0 Å². The first-order valence-electron chi connectivity index (χ1n) is 9.01. The smallest absolute Gasteiger partial charge is 0.327 e. The highest BCUT2D eigenvalue weighted by Crippen LogP contribution is 2.26. The van der Waals surface area contributed by atoms with Crippen molar-refractivity contribution >= 4 is 22.8 Å². The highest BCUT2D eigenvalue weighted by atomic mass is 19.4. The summed E-state index contributed by atoms with van der Waals surface area (Å²) in [5.41, 5.74) is 0.0556. The lowest BCUT2D eigenvalue weighted by Gasteiger charge is -2.33. The van der Waals surface area contributed by atoms with Crippen LogP contribution in [0, 0.1) is 0 Å². The molecule has 0 spiro atoms. The Morgan fingerprint density at radius 3 is 2.90 bits per heavy atom. The van der Waals surface area contributed by atoms with Crippen LogP contribution in [0.2, 0.25) is 0 Å². The van der Waals surface area contributed by atoms with Gasteiger partial charge in [0.05, 0.1) is 18.8 Å². The number of imidazole rings is 1. The van der Waals surface area contributed by atoms with Gasteiger partial charge in [0.25, 0.3) is 5.56 Å². The third-order valence-electron chi connectivity index (χ3n) is 4.77. The molecule has 29 heavy (non-hydrogen) atoms. The lowest BCUT2D eigenvalue weighted by molar-refractivity contribution is -0.149. The maximum Gasteiger partial charge on any atom is 0.401 e. The lowest BCUT2D eigenvalue weighted by Crippen LogP contribution is -2.43. The standard InChI is InChI=1S/C17H18F3N7O2/c18-17(19,20)9-26-6-2-3-10(8-26)27-13-12(24-16(27)29)7-22-15(25-13)23-11-4-1-5-21-14(11)28/h1,4-5,7,10H,2-3,6,8-9H2,(H,21,28)(H,24,29)(H,22,23,25)/t10-/m0/s1. The molecule has 1 aliphatic rings. The molecular weight excluding hydrogens is 391 g/mol. The number of nitrogens with zero attached hydrogens (tertiary/aromatic N) is 4. The molecule has 4 rings (SSSR count). The van der Waals surface area contributed by atoms with E-state index in [4.69, 9.17) is 0 Å². The fraction of sp³-hybridized carbons (Fsp3) is 0.412. The van der Waals surface area contributed by atoms with Gasteiger partial charge in [0, 0.05) is 12.7 Å². The average Bonchev–Trinajstić information content (AvgIpc) is 2.97. The molecule has 1 atom stereocenters. The Morgan fingerprint density at radius 2 is 2.14 bits per heavy atom. The van der Waals surface area contributed by atoms with Gasteiger partial charge >= 0.3 is 11.9 Å². The quantitative estimate of drug-likeness (QED) is 0.605. The van der Waals surface area contributed by atoms with E-state index >= 15 is 0 Å². The zero-order valence-electron chi connectivity index (χ0n) is 15.2. The minimum absolute atomic E-state index is 0.0947. The molecule has 0 radical (unpaired) electrons. The van der Waals surface area contributed by atoms with Gasteiger partial charge < -0.3 is 15.3 Å². The number of fused-ring (bicyclic) bond motifs is 1. The topological polar surface area (TPSA) is 112 Å². The number of pyridine rings is 1. The van der Waals surface area contributed by atoms with Crippen LogP contribution in [0.4, 0.5) is 24.8 Å². The van der Waals surface area contributed by atoms with Crippen molar-refractivity contribution in [3.63, 3.8) is 0 Å². The van der Waals surface area contributed by atoms with E-state index in [1.165, 1.54) is 21.9 Å². The van der Waals surface area contributed by atoms with Gasteiger partial charge in [-0.2, -0.15) is 18.2 Å². The van der Waals surface area contributed by atoms with Crippen LogP contribution in [0.15, 0.2) is 34.1 Å². The van der Waals surface area contributed by atoms with Crippen molar-refractivity contribution in [1.82, 2.24) is 29.4 Å². The third kappa shape index (κ3) is 4.16. The van der Waals surface area contributed by atoms with Crippen molar-refractivity contribution in [3.05, 3.63) is 45.4 Å². The molecule has 1 aliphatic heterocycles. The van der Waals surface area contributed by atoms with E-state index in [0.717, 1.165) is 0 Å².